The van der Waals surface area contributed by atoms with Crippen molar-refractivity contribution in [1.82, 2.24) is 0 Å². The molecule has 18 heavy (non-hydrogen) atoms. The summed E-state index contributed by atoms with van der Waals surface area (Å²) in [4.78, 5) is 0. The third kappa shape index (κ3) is 4.92. The van der Waals surface area contributed by atoms with Gasteiger partial charge in [-0.2, -0.15) is 0 Å². The quantitative estimate of drug-likeness (QED) is 0.633. The van der Waals surface area contributed by atoms with E-state index in [1.54, 1.807) is 0 Å². The second-order valence-electron chi connectivity index (χ2n) is 4.54. The first-order valence-electron chi connectivity index (χ1n) is 7.11. The van der Waals surface area contributed by atoms with Gasteiger partial charge in [-0.25, -0.2) is 0 Å². The summed E-state index contributed by atoms with van der Waals surface area (Å²) in [6, 6.07) is 10.6. The van der Waals surface area contributed by atoms with E-state index in [2.05, 4.69) is 51.1 Å². The Hall–Kier alpha value is -0.643. The minimum absolute atomic E-state index is 0.462. The molecule has 0 heterocycles. The molecule has 0 aliphatic heterocycles. The van der Waals surface area contributed by atoms with Crippen LogP contribution in [-0.2, 0) is 8.85 Å². The molecule has 0 aromatic heterocycles. The van der Waals surface area contributed by atoms with Crippen LogP contribution in [0.5, 0.6) is 0 Å². The van der Waals surface area contributed by atoms with Gasteiger partial charge in [0.25, 0.3) is 0 Å². The Balaban J connectivity index is 2.72. The van der Waals surface area contributed by atoms with E-state index in [9.17, 15) is 0 Å². The molecule has 1 aromatic carbocycles. The average molecular weight is 266 g/mol. The van der Waals surface area contributed by atoms with E-state index in [0.29, 0.717) is 5.54 Å². The van der Waals surface area contributed by atoms with Gasteiger partial charge in [0.15, 0.2) is 0 Å². The van der Waals surface area contributed by atoms with E-state index in [1.807, 2.05) is 0 Å². The molecule has 0 saturated carbocycles. The maximum absolute atomic E-state index is 6.02. The first-order chi connectivity index (χ1) is 8.83. The summed E-state index contributed by atoms with van der Waals surface area (Å²) in [5, 5.41) is 0. The van der Waals surface area contributed by atoms with E-state index in [-0.39, 0.29) is 0 Å². The normalized spacial score (nSPS) is 12.9. The molecule has 0 saturated heterocycles. The molecule has 1 aromatic rings. The van der Waals surface area contributed by atoms with Gasteiger partial charge >= 0.3 is 9.28 Å². The number of rotatable bonds is 9. The molecule has 1 rings (SSSR count). The van der Waals surface area contributed by atoms with Crippen LogP contribution in [0.2, 0.25) is 0 Å². The van der Waals surface area contributed by atoms with Gasteiger partial charge in [0, 0.05) is 18.8 Å². The summed E-state index contributed by atoms with van der Waals surface area (Å²) >= 11 is 0. The second kappa shape index (κ2) is 9.31. The van der Waals surface area contributed by atoms with Crippen molar-refractivity contribution in [3.63, 3.8) is 0 Å². The lowest BCUT2D eigenvalue weighted by Crippen LogP contribution is -2.32. The van der Waals surface area contributed by atoms with Gasteiger partial charge in [0.2, 0.25) is 0 Å². The first kappa shape index (κ1) is 15.4. The molecule has 1 atom stereocenters. The van der Waals surface area contributed by atoms with E-state index >= 15 is 0 Å². The molecule has 0 N–H and O–H groups in total. The maximum atomic E-state index is 6.02. The fourth-order valence-corrected chi connectivity index (χ4v) is 4.45. The summed E-state index contributed by atoms with van der Waals surface area (Å²) in [7, 11) is -1.61. The van der Waals surface area contributed by atoms with Gasteiger partial charge in [0.05, 0.1) is 0 Å². The Morgan fingerprint density at radius 3 is 1.94 bits per heavy atom. The van der Waals surface area contributed by atoms with E-state index in [1.165, 1.54) is 5.56 Å². The predicted octanol–water partition coefficient (Wildman–Crippen LogP) is 3.79. The van der Waals surface area contributed by atoms with Crippen molar-refractivity contribution in [2.24, 2.45) is 0 Å². The van der Waals surface area contributed by atoms with Crippen molar-refractivity contribution in [3.05, 3.63) is 35.9 Å². The topological polar surface area (TPSA) is 18.5 Å². The van der Waals surface area contributed by atoms with Crippen LogP contribution in [0.1, 0.15) is 51.1 Å². The van der Waals surface area contributed by atoms with Crippen molar-refractivity contribution in [2.45, 2.75) is 45.6 Å². The van der Waals surface area contributed by atoms with Gasteiger partial charge in [0.1, 0.15) is 0 Å². The average Bonchev–Trinajstić information content (AvgIpc) is 2.43. The van der Waals surface area contributed by atoms with Crippen LogP contribution in [-0.4, -0.2) is 22.5 Å². The molecular formula is C15H26O2Si. The molecule has 0 aliphatic carbocycles. The number of hydrogen-bond donors (Lipinski definition) is 0. The molecule has 1 unspecified atom stereocenters. The van der Waals surface area contributed by atoms with Crippen LogP contribution in [0, 0.1) is 0 Å². The van der Waals surface area contributed by atoms with Gasteiger partial charge in [-0.3, -0.25) is 0 Å². The van der Waals surface area contributed by atoms with Crippen LogP contribution in [0.15, 0.2) is 30.3 Å². The zero-order chi connectivity index (χ0) is 13.2. The summed E-state index contributed by atoms with van der Waals surface area (Å²) in [6.07, 6.45) is 3.21. The van der Waals surface area contributed by atoms with Crippen LogP contribution in [0.25, 0.3) is 0 Å². The van der Waals surface area contributed by atoms with Crippen LogP contribution in [0.3, 0.4) is 0 Å². The smallest absolute Gasteiger partial charge is 0.329 e. The maximum Gasteiger partial charge on any atom is 0.329 e. The molecule has 2 nitrogen and oxygen atoms in total. The molecule has 0 fully saturated rings. The van der Waals surface area contributed by atoms with Gasteiger partial charge in [-0.05, 0) is 24.8 Å². The SMILES string of the molecule is CCCO[SiH](OCCC)C(CC)c1ccccc1. The number of benzene rings is 1. The van der Waals surface area contributed by atoms with Crippen LogP contribution in [0.4, 0.5) is 0 Å². The molecule has 0 bridgehead atoms. The van der Waals surface area contributed by atoms with E-state index in [0.717, 1.165) is 32.5 Å². The molecule has 3 heteroatoms. The largest absolute Gasteiger partial charge is 0.396 e. The highest BCUT2D eigenvalue weighted by Gasteiger charge is 2.26. The second-order valence-corrected chi connectivity index (χ2v) is 6.74. The van der Waals surface area contributed by atoms with E-state index < -0.39 is 9.28 Å². The Bertz CT molecular complexity index is 295. The Labute approximate surface area is 113 Å². The summed E-state index contributed by atoms with van der Waals surface area (Å²) in [5.74, 6) is 0. The first-order valence-corrected chi connectivity index (χ1v) is 8.72. The molecule has 0 radical (unpaired) electrons. The third-order valence-corrected chi connectivity index (χ3v) is 5.61. The highest BCUT2D eigenvalue weighted by molar-refractivity contribution is 6.46. The van der Waals surface area contributed by atoms with E-state index in [4.69, 9.17) is 8.85 Å². The summed E-state index contributed by atoms with van der Waals surface area (Å²) in [6.45, 7) is 8.17. The third-order valence-electron chi connectivity index (χ3n) is 2.97. The molecular weight excluding hydrogens is 240 g/mol. The molecule has 0 aliphatic rings. The zero-order valence-electron chi connectivity index (χ0n) is 11.9. The van der Waals surface area contributed by atoms with Gasteiger partial charge in [-0.15, -0.1) is 0 Å². The minimum Gasteiger partial charge on any atom is -0.396 e. The Morgan fingerprint density at radius 2 is 1.50 bits per heavy atom. The monoisotopic (exact) mass is 266 g/mol. The summed E-state index contributed by atoms with van der Waals surface area (Å²) < 4.78 is 12.0. The van der Waals surface area contributed by atoms with Gasteiger partial charge < -0.3 is 8.85 Å². The van der Waals surface area contributed by atoms with Gasteiger partial charge in [-0.1, -0.05) is 51.1 Å². The number of hydrogen-bond acceptors (Lipinski definition) is 2. The molecule has 0 spiro atoms. The zero-order valence-corrected chi connectivity index (χ0v) is 13.0. The fourth-order valence-electron chi connectivity index (χ4n) is 2.03. The highest BCUT2D eigenvalue weighted by atomic mass is 28.3. The molecule has 0 amide bonds. The van der Waals surface area contributed by atoms with Crippen LogP contribution < -0.4 is 0 Å². The lowest BCUT2D eigenvalue weighted by atomic mass is 10.1. The van der Waals surface area contributed by atoms with Crippen molar-refractivity contribution in [1.29, 1.82) is 0 Å². The standard InChI is InChI=1S/C15H26O2Si/c1-4-12-16-18(17-13-5-2)15(6-3)14-10-8-7-9-11-14/h7-11,15,18H,4-6,12-13H2,1-3H3. The Kier molecular flexibility index (Phi) is 7.97. The minimum atomic E-state index is -1.61. The predicted molar refractivity (Wildman–Crippen MR) is 79.1 cm³/mol. The van der Waals surface area contributed by atoms with Crippen molar-refractivity contribution in [2.75, 3.05) is 13.2 Å². The molecule has 102 valence electrons. The highest BCUT2D eigenvalue weighted by Crippen LogP contribution is 2.23. The van der Waals surface area contributed by atoms with Crippen LogP contribution >= 0.6 is 0 Å². The Morgan fingerprint density at radius 1 is 0.944 bits per heavy atom. The van der Waals surface area contributed by atoms with Crippen molar-refractivity contribution < 1.29 is 8.85 Å². The van der Waals surface area contributed by atoms with Crippen molar-refractivity contribution >= 4 is 9.28 Å². The van der Waals surface area contributed by atoms with Crippen molar-refractivity contribution in [3.8, 4) is 0 Å². The lowest BCUT2D eigenvalue weighted by Gasteiger charge is -2.24. The fraction of sp³-hybridized carbons (Fsp3) is 0.600. The summed E-state index contributed by atoms with van der Waals surface area (Å²) in [5.41, 5.74) is 1.83. The lowest BCUT2D eigenvalue weighted by molar-refractivity contribution is 0.187.